The van der Waals surface area contributed by atoms with E-state index >= 15 is 0 Å². The summed E-state index contributed by atoms with van der Waals surface area (Å²) in [6.45, 7) is 21.2. The molecule has 0 N–H and O–H groups in total. The molecule has 429 valence electrons. The zero-order valence-electron chi connectivity index (χ0n) is 51.8. The summed E-state index contributed by atoms with van der Waals surface area (Å²) in [5, 5.41) is 0. The van der Waals surface area contributed by atoms with Crippen LogP contribution in [0.2, 0.25) is 54.4 Å². The molecule has 0 aromatic heterocycles. The SMILES string of the molecule is CCCC[Si](CCCC)(CCCC)[C-](c1ccccc1)c1ccccc1.CCCC[Si](CCCC)(CCCC)[C-](c1ccccc1)c1ccccc1.CCCC[Si](CCCC)(CCCC)[C-](c1ccccc1)c1ccccc1.[Cr+3]. The second-order valence-corrected chi connectivity index (χ2v) is 36.8. The van der Waals surface area contributed by atoms with Crippen molar-refractivity contribution in [3.63, 3.8) is 0 Å². The second-order valence-electron chi connectivity index (χ2n) is 23.1. The molecule has 79 heavy (non-hydrogen) atoms. The molecule has 6 aromatic rings. The van der Waals surface area contributed by atoms with Gasteiger partial charge in [0.05, 0.1) is 0 Å². The summed E-state index contributed by atoms with van der Waals surface area (Å²) in [5.74, 6) is 0. The molecule has 0 fully saturated rings. The van der Waals surface area contributed by atoms with Crippen LogP contribution in [0.1, 0.15) is 211 Å². The van der Waals surface area contributed by atoms with E-state index in [1.165, 1.54) is 203 Å². The van der Waals surface area contributed by atoms with E-state index in [0.717, 1.165) is 0 Å². The van der Waals surface area contributed by atoms with Crippen molar-refractivity contribution in [2.75, 3.05) is 0 Å². The number of hydrogen-bond donors (Lipinski definition) is 0. The Hall–Kier alpha value is -3.89. The summed E-state index contributed by atoms with van der Waals surface area (Å²) in [6.07, 6.45) is 24.2. The summed E-state index contributed by atoms with van der Waals surface area (Å²) >= 11 is 0. The molecule has 0 saturated heterocycles. The van der Waals surface area contributed by atoms with Gasteiger partial charge in [-0.2, -0.15) is 0 Å². The first-order valence-electron chi connectivity index (χ1n) is 32.3. The van der Waals surface area contributed by atoms with Gasteiger partial charge < -0.3 is 0 Å². The second kappa shape index (κ2) is 41.2. The standard InChI is InChI=1S/3C25H37Si.Cr/c3*1-4-7-20-26(21-8-5-2,22-9-6-3)25(23-16-12-10-13-17-23)24-18-14-11-15-19-24;/h3*10-19H,4-9,20-22H2,1-3H3;/q3*-1;+3. The third-order valence-electron chi connectivity index (χ3n) is 17.0. The van der Waals surface area contributed by atoms with Gasteiger partial charge in [0.15, 0.2) is 0 Å². The Labute approximate surface area is 502 Å². The van der Waals surface area contributed by atoms with Gasteiger partial charge in [0.1, 0.15) is 0 Å². The van der Waals surface area contributed by atoms with E-state index in [9.17, 15) is 0 Å². The molecule has 0 bridgehead atoms. The van der Waals surface area contributed by atoms with Crippen molar-refractivity contribution in [2.45, 2.75) is 232 Å². The molecule has 0 aliphatic heterocycles. The van der Waals surface area contributed by atoms with Crippen LogP contribution in [0.3, 0.4) is 0 Å². The van der Waals surface area contributed by atoms with Crippen LogP contribution in [-0.4, -0.2) is 24.2 Å². The molecule has 0 saturated carbocycles. The normalized spacial score (nSPS) is 11.4. The van der Waals surface area contributed by atoms with Gasteiger partial charge in [-0.25, -0.2) is 0 Å². The Kier molecular flexibility index (Phi) is 36.1. The molecular weight excluding hydrogens is 1040 g/mol. The number of hydrogen-bond acceptors (Lipinski definition) is 0. The van der Waals surface area contributed by atoms with Crippen molar-refractivity contribution >= 4 is 24.2 Å². The average Bonchev–Trinajstić information content (AvgIpc) is 3.54. The summed E-state index contributed by atoms with van der Waals surface area (Å²) in [5.41, 5.74) is 14.1. The maximum absolute atomic E-state index is 2.36. The Morgan fingerprint density at radius 1 is 0.203 bits per heavy atom. The van der Waals surface area contributed by atoms with Crippen molar-refractivity contribution < 1.29 is 17.4 Å². The van der Waals surface area contributed by atoms with E-state index in [1.54, 1.807) is 16.6 Å². The van der Waals surface area contributed by atoms with E-state index in [1.807, 2.05) is 0 Å². The Morgan fingerprint density at radius 3 is 0.418 bits per heavy atom. The van der Waals surface area contributed by atoms with Crippen molar-refractivity contribution in [3.8, 4) is 0 Å². The molecule has 0 unspecified atom stereocenters. The van der Waals surface area contributed by atoms with Crippen LogP contribution in [0.15, 0.2) is 182 Å². The van der Waals surface area contributed by atoms with Gasteiger partial charge in [0.25, 0.3) is 0 Å². The minimum absolute atomic E-state index is 0. The first kappa shape index (κ1) is 69.4. The molecule has 0 nitrogen and oxygen atoms in total. The fourth-order valence-corrected chi connectivity index (χ4v) is 31.3. The van der Waals surface area contributed by atoms with Crippen molar-refractivity contribution in [1.29, 1.82) is 0 Å². The molecule has 0 aliphatic rings. The fraction of sp³-hybridized carbons (Fsp3) is 0.480. The maximum Gasteiger partial charge on any atom is 3.00 e. The van der Waals surface area contributed by atoms with E-state index in [2.05, 4.69) is 244 Å². The molecular formula is C75H111CrSi3. The van der Waals surface area contributed by atoms with Gasteiger partial charge in [0, 0.05) is 24.2 Å². The Balaban J connectivity index is 0.000000309. The zero-order valence-corrected chi connectivity index (χ0v) is 56.1. The van der Waals surface area contributed by atoms with Crippen LogP contribution in [0.25, 0.3) is 0 Å². The minimum atomic E-state index is -1.55. The monoisotopic (exact) mass is 1150 g/mol. The van der Waals surface area contributed by atoms with Crippen LogP contribution in [-0.2, 0) is 17.4 Å². The first-order valence-corrected chi connectivity index (χ1v) is 40.1. The maximum atomic E-state index is 2.36. The van der Waals surface area contributed by atoms with Crippen LogP contribution < -0.4 is 0 Å². The van der Waals surface area contributed by atoms with Crippen LogP contribution in [0, 0.1) is 16.6 Å². The first-order chi connectivity index (χ1) is 38.3. The molecule has 0 spiro atoms. The third-order valence-corrected chi connectivity index (χ3v) is 33.8. The minimum Gasteiger partial charge on any atom is -0.122 e. The number of unbranched alkanes of at least 4 members (excludes halogenated alkanes) is 9. The molecule has 0 heterocycles. The van der Waals surface area contributed by atoms with Crippen LogP contribution >= 0.6 is 0 Å². The third kappa shape index (κ3) is 22.4. The number of benzene rings is 6. The predicted molar refractivity (Wildman–Crippen MR) is 358 cm³/mol. The smallest absolute Gasteiger partial charge is 0.122 e. The topological polar surface area (TPSA) is 0 Å². The van der Waals surface area contributed by atoms with Crippen molar-refractivity contribution in [2.24, 2.45) is 0 Å². The van der Waals surface area contributed by atoms with E-state index in [4.69, 9.17) is 0 Å². The van der Waals surface area contributed by atoms with Crippen molar-refractivity contribution in [3.05, 3.63) is 232 Å². The fourth-order valence-electron chi connectivity index (χ4n) is 12.9. The predicted octanol–water partition coefficient (Wildman–Crippen LogP) is 24.1. The van der Waals surface area contributed by atoms with E-state index in [0.29, 0.717) is 0 Å². The summed E-state index contributed by atoms with van der Waals surface area (Å²) < 4.78 is 0. The summed E-state index contributed by atoms with van der Waals surface area (Å²) in [6, 6.07) is 80.8. The summed E-state index contributed by atoms with van der Waals surface area (Å²) in [7, 11) is -4.66. The molecule has 1 radical (unpaired) electrons. The largest absolute Gasteiger partial charge is 3.00 e. The molecule has 0 atom stereocenters. The van der Waals surface area contributed by atoms with Gasteiger partial charge in [-0.15, -0.1) is 123 Å². The van der Waals surface area contributed by atoms with Crippen LogP contribution in [0.5, 0.6) is 0 Å². The van der Waals surface area contributed by atoms with Gasteiger partial charge >= 0.3 is 17.4 Å². The molecule has 6 aromatic carbocycles. The molecule has 4 heteroatoms. The summed E-state index contributed by atoms with van der Waals surface area (Å²) in [4.78, 5) is 0. The van der Waals surface area contributed by atoms with Gasteiger partial charge in [-0.3, -0.25) is 0 Å². The van der Waals surface area contributed by atoms with E-state index < -0.39 is 24.2 Å². The quantitative estimate of drug-likeness (QED) is 0.0272. The molecule has 6 rings (SSSR count). The van der Waals surface area contributed by atoms with Gasteiger partial charge in [0.2, 0.25) is 0 Å². The van der Waals surface area contributed by atoms with Crippen LogP contribution in [0.4, 0.5) is 0 Å². The average molecular weight is 1150 g/mol. The Morgan fingerprint density at radius 2 is 0.316 bits per heavy atom. The Bertz CT molecular complexity index is 1860. The van der Waals surface area contributed by atoms with E-state index in [-0.39, 0.29) is 17.4 Å². The van der Waals surface area contributed by atoms with Crippen molar-refractivity contribution in [1.82, 2.24) is 0 Å². The van der Waals surface area contributed by atoms with Gasteiger partial charge in [-0.05, 0) is 0 Å². The number of rotatable bonds is 36. The molecule has 0 aliphatic carbocycles. The molecule has 0 amide bonds. The van der Waals surface area contributed by atoms with Gasteiger partial charge in [-0.1, -0.05) is 341 Å². The zero-order chi connectivity index (χ0) is 56.0.